The molecule has 0 fully saturated rings. The number of benzene rings is 1. The van der Waals surface area contributed by atoms with Crippen LogP contribution in [0.5, 0.6) is 0 Å². The molecule has 0 bridgehead atoms. The van der Waals surface area contributed by atoms with Crippen molar-refractivity contribution in [2.75, 3.05) is 18.3 Å². The molecular formula is C12H10ClNO3S. The third-order valence-corrected chi connectivity index (χ3v) is 3.63. The van der Waals surface area contributed by atoms with E-state index in [1.807, 2.05) is 6.07 Å². The smallest absolute Gasteiger partial charge is 0.348 e. The highest BCUT2D eigenvalue weighted by molar-refractivity contribution is 7.20. The lowest BCUT2D eigenvalue weighted by molar-refractivity contribution is -0.113. The van der Waals surface area contributed by atoms with Crippen LogP contribution in [0.25, 0.3) is 10.1 Å². The number of carbonyl (C=O) groups is 2. The highest BCUT2D eigenvalue weighted by Crippen LogP contribution is 2.28. The number of hydrogen-bond acceptors (Lipinski definition) is 4. The zero-order chi connectivity index (χ0) is 13.1. The summed E-state index contributed by atoms with van der Waals surface area (Å²) in [6.45, 7) is 0. The van der Waals surface area contributed by atoms with Crippen LogP contribution in [0.2, 0.25) is 0 Å². The Morgan fingerprint density at radius 1 is 1.39 bits per heavy atom. The Morgan fingerprint density at radius 2 is 2.17 bits per heavy atom. The Morgan fingerprint density at radius 3 is 2.83 bits per heavy atom. The molecular weight excluding hydrogens is 274 g/mol. The molecule has 1 heterocycles. The largest absolute Gasteiger partial charge is 0.465 e. The first-order valence-corrected chi connectivity index (χ1v) is 6.47. The van der Waals surface area contributed by atoms with Gasteiger partial charge >= 0.3 is 5.97 Å². The summed E-state index contributed by atoms with van der Waals surface area (Å²) in [5, 5.41) is 3.59. The summed E-state index contributed by atoms with van der Waals surface area (Å²) >= 11 is 6.73. The predicted molar refractivity (Wildman–Crippen MR) is 72.5 cm³/mol. The Balaban J connectivity index is 2.33. The van der Waals surface area contributed by atoms with Crippen molar-refractivity contribution in [3.05, 3.63) is 29.1 Å². The summed E-state index contributed by atoms with van der Waals surface area (Å²) in [7, 11) is 1.35. The molecule has 1 amide bonds. The number of thiophene rings is 1. The normalized spacial score (nSPS) is 10.3. The number of anilines is 1. The van der Waals surface area contributed by atoms with E-state index >= 15 is 0 Å². The second kappa shape index (κ2) is 5.37. The number of methoxy groups -OCH3 is 1. The van der Waals surface area contributed by atoms with Crippen molar-refractivity contribution in [3.63, 3.8) is 0 Å². The van der Waals surface area contributed by atoms with Crippen LogP contribution in [0.1, 0.15) is 9.67 Å². The van der Waals surface area contributed by atoms with Gasteiger partial charge in [0.15, 0.2) is 0 Å². The molecule has 2 aromatic rings. The maximum absolute atomic E-state index is 11.4. The first kappa shape index (κ1) is 12.9. The number of amides is 1. The van der Waals surface area contributed by atoms with E-state index in [9.17, 15) is 9.59 Å². The average molecular weight is 284 g/mol. The summed E-state index contributed by atoms with van der Waals surface area (Å²) in [6.07, 6.45) is 0. The second-order valence-electron chi connectivity index (χ2n) is 3.54. The van der Waals surface area contributed by atoms with Gasteiger partial charge in [0.2, 0.25) is 5.91 Å². The first-order chi connectivity index (χ1) is 8.63. The van der Waals surface area contributed by atoms with Crippen LogP contribution in [-0.2, 0) is 9.53 Å². The van der Waals surface area contributed by atoms with Crippen LogP contribution in [0.15, 0.2) is 24.3 Å². The highest BCUT2D eigenvalue weighted by Gasteiger charge is 2.10. The van der Waals surface area contributed by atoms with Gasteiger partial charge in [-0.05, 0) is 23.6 Å². The Labute approximate surface area is 113 Å². The average Bonchev–Trinajstić information content (AvgIpc) is 2.80. The molecule has 0 aliphatic carbocycles. The van der Waals surface area contributed by atoms with Gasteiger partial charge in [-0.25, -0.2) is 4.79 Å². The monoisotopic (exact) mass is 283 g/mol. The SMILES string of the molecule is COC(=O)c1cc2ccc(NC(=O)CCl)cc2s1. The van der Waals surface area contributed by atoms with Gasteiger partial charge in [-0.15, -0.1) is 22.9 Å². The molecule has 1 aromatic heterocycles. The van der Waals surface area contributed by atoms with Gasteiger partial charge in [-0.1, -0.05) is 6.07 Å². The minimum absolute atomic E-state index is 0.0874. The summed E-state index contributed by atoms with van der Waals surface area (Å²) < 4.78 is 5.57. The first-order valence-electron chi connectivity index (χ1n) is 5.12. The summed E-state index contributed by atoms with van der Waals surface area (Å²) in [6, 6.07) is 7.17. The molecule has 6 heteroatoms. The van der Waals surface area contributed by atoms with Crippen molar-refractivity contribution in [1.29, 1.82) is 0 Å². The Bertz CT molecular complexity index is 608. The van der Waals surface area contributed by atoms with Crippen LogP contribution in [0.3, 0.4) is 0 Å². The van der Waals surface area contributed by atoms with Crippen molar-refractivity contribution < 1.29 is 14.3 Å². The standard InChI is InChI=1S/C12H10ClNO3S/c1-17-12(16)10-4-7-2-3-8(5-9(7)18-10)14-11(15)6-13/h2-5H,6H2,1H3,(H,14,15). The number of halogens is 1. The van der Waals surface area contributed by atoms with Gasteiger partial charge in [0.1, 0.15) is 10.8 Å². The molecule has 0 unspecified atom stereocenters. The molecule has 0 atom stereocenters. The van der Waals surface area contributed by atoms with E-state index < -0.39 is 0 Å². The number of carbonyl (C=O) groups excluding carboxylic acids is 2. The van der Waals surface area contributed by atoms with E-state index in [1.165, 1.54) is 18.4 Å². The molecule has 0 spiro atoms. The van der Waals surface area contributed by atoms with Gasteiger partial charge in [0, 0.05) is 10.4 Å². The molecule has 4 nitrogen and oxygen atoms in total. The Kier molecular flexibility index (Phi) is 3.84. The lowest BCUT2D eigenvalue weighted by Gasteiger charge is -2.01. The maximum Gasteiger partial charge on any atom is 0.348 e. The van der Waals surface area contributed by atoms with Gasteiger partial charge in [0.25, 0.3) is 0 Å². The summed E-state index contributed by atoms with van der Waals surface area (Å²) in [4.78, 5) is 23.1. The minimum Gasteiger partial charge on any atom is -0.465 e. The summed E-state index contributed by atoms with van der Waals surface area (Å²) in [5.74, 6) is -0.709. The molecule has 18 heavy (non-hydrogen) atoms. The van der Waals surface area contributed by atoms with E-state index in [0.717, 1.165) is 10.1 Å². The third-order valence-electron chi connectivity index (χ3n) is 2.31. The highest BCUT2D eigenvalue weighted by atomic mass is 35.5. The molecule has 0 aliphatic heterocycles. The number of fused-ring (bicyclic) bond motifs is 1. The lowest BCUT2D eigenvalue weighted by Crippen LogP contribution is -2.12. The van der Waals surface area contributed by atoms with E-state index in [1.54, 1.807) is 18.2 Å². The van der Waals surface area contributed by atoms with E-state index in [-0.39, 0.29) is 17.8 Å². The van der Waals surface area contributed by atoms with Crippen molar-refractivity contribution in [3.8, 4) is 0 Å². The number of hydrogen-bond donors (Lipinski definition) is 1. The molecule has 0 aliphatic rings. The number of nitrogens with one attached hydrogen (secondary N) is 1. The third kappa shape index (κ3) is 2.63. The van der Waals surface area contributed by atoms with Gasteiger partial charge in [-0.2, -0.15) is 0 Å². The topological polar surface area (TPSA) is 55.4 Å². The van der Waals surface area contributed by atoms with Crippen molar-refractivity contribution >= 4 is 50.6 Å². The number of alkyl halides is 1. The van der Waals surface area contributed by atoms with Crippen LogP contribution in [0, 0.1) is 0 Å². The van der Waals surface area contributed by atoms with Crippen LogP contribution < -0.4 is 5.32 Å². The van der Waals surface area contributed by atoms with Crippen molar-refractivity contribution in [1.82, 2.24) is 0 Å². The quantitative estimate of drug-likeness (QED) is 0.696. The molecule has 0 saturated heterocycles. The van der Waals surface area contributed by atoms with E-state index in [2.05, 4.69) is 10.1 Å². The molecule has 1 aromatic carbocycles. The van der Waals surface area contributed by atoms with Crippen molar-refractivity contribution in [2.24, 2.45) is 0 Å². The number of ether oxygens (including phenoxy) is 1. The second-order valence-corrected chi connectivity index (χ2v) is 4.89. The molecule has 2 rings (SSSR count). The van der Waals surface area contributed by atoms with Gasteiger partial charge < -0.3 is 10.1 Å². The van der Waals surface area contributed by atoms with Crippen molar-refractivity contribution in [2.45, 2.75) is 0 Å². The summed E-state index contributed by atoms with van der Waals surface area (Å²) in [5.41, 5.74) is 0.659. The minimum atomic E-state index is -0.359. The van der Waals surface area contributed by atoms with Crippen LogP contribution >= 0.6 is 22.9 Å². The fourth-order valence-electron chi connectivity index (χ4n) is 1.50. The zero-order valence-corrected chi connectivity index (χ0v) is 11.1. The predicted octanol–water partition coefficient (Wildman–Crippen LogP) is 2.87. The van der Waals surface area contributed by atoms with E-state index in [4.69, 9.17) is 11.6 Å². The zero-order valence-electron chi connectivity index (χ0n) is 9.53. The number of esters is 1. The van der Waals surface area contributed by atoms with Crippen LogP contribution in [0.4, 0.5) is 5.69 Å². The Hall–Kier alpha value is -1.59. The van der Waals surface area contributed by atoms with Gasteiger partial charge in [0.05, 0.1) is 7.11 Å². The molecule has 94 valence electrons. The van der Waals surface area contributed by atoms with E-state index in [0.29, 0.717) is 10.6 Å². The lowest BCUT2D eigenvalue weighted by atomic mass is 10.2. The van der Waals surface area contributed by atoms with Crippen LogP contribution in [-0.4, -0.2) is 24.9 Å². The molecule has 0 saturated carbocycles. The fourth-order valence-corrected chi connectivity index (χ4v) is 2.59. The van der Waals surface area contributed by atoms with Gasteiger partial charge in [-0.3, -0.25) is 4.79 Å². The molecule has 0 radical (unpaired) electrons. The fraction of sp³-hybridized carbons (Fsp3) is 0.167. The maximum atomic E-state index is 11.4. The number of rotatable bonds is 3. The molecule has 1 N–H and O–H groups in total.